The highest BCUT2D eigenvalue weighted by atomic mass is 16.4. The van der Waals surface area contributed by atoms with Crippen molar-refractivity contribution in [2.24, 2.45) is 5.92 Å². The van der Waals surface area contributed by atoms with Crippen LogP contribution in [0.2, 0.25) is 0 Å². The van der Waals surface area contributed by atoms with E-state index in [9.17, 15) is 9.59 Å². The van der Waals surface area contributed by atoms with E-state index in [1.807, 2.05) is 0 Å². The summed E-state index contributed by atoms with van der Waals surface area (Å²) in [5, 5.41) is 17.7. The average Bonchev–Trinajstić information content (AvgIpc) is 3.04. The number of aliphatic carboxylic acids is 1. The maximum absolute atomic E-state index is 11.7. The average molecular weight is 263 g/mol. The van der Waals surface area contributed by atoms with Gasteiger partial charge in [-0.1, -0.05) is 6.92 Å². The zero-order valence-corrected chi connectivity index (χ0v) is 10.2. The SMILES string of the molecule is CC(CNC(=O)c1cc(-c2ccco2)[nH]n1)C(=O)O. The van der Waals surface area contributed by atoms with Gasteiger partial charge in [0.25, 0.3) is 5.91 Å². The first-order chi connectivity index (χ1) is 9.08. The molecule has 7 heteroatoms. The number of aromatic amines is 1. The van der Waals surface area contributed by atoms with Gasteiger partial charge in [0.2, 0.25) is 0 Å². The number of nitrogens with zero attached hydrogens (tertiary/aromatic N) is 1. The van der Waals surface area contributed by atoms with Crippen LogP contribution in [-0.2, 0) is 4.79 Å². The standard InChI is InChI=1S/C12H13N3O4/c1-7(12(17)18)6-13-11(16)9-5-8(14-15-9)10-3-2-4-19-10/h2-5,7H,6H2,1H3,(H,13,16)(H,14,15)(H,17,18). The van der Waals surface area contributed by atoms with Gasteiger partial charge in [-0.2, -0.15) is 5.10 Å². The number of furan rings is 1. The van der Waals surface area contributed by atoms with E-state index in [-0.39, 0.29) is 12.2 Å². The van der Waals surface area contributed by atoms with Crippen LogP contribution in [0.4, 0.5) is 0 Å². The summed E-state index contributed by atoms with van der Waals surface area (Å²) in [5.41, 5.74) is 0.769. The molecule has 2 aromatic heterocycles. The summed E-state index contributed by atoms with van der Waals surface area (Å²) in [5.74, 6) is -1.46. The molecular weight excluding hydrogens is 250 g/mol. The summed E-state index contributed by atoms with van der Waals surface area (Å²) in [6, 6.07) is 5.01. The molecular formula is C12H13N3O4. The van der Waals surface area contributed by atoms with Crippen molar-refractivity contribution in [2.75, 3.05) is 6.54 Å². The Morgan fingerprint density at radius 3 is 3.00 bits per heavy atom. The predicted octanol–water partition coefficient (Wildman–Crippen LogP) is 1.12. The van der Waals surface area contributed by atoms with Crippen LogP contribution >= 0.6 is 0 Å². The van der Waals surface area contributed by atoms with Crippen molar-refractivity contribution in [1.29, 1.82) is 0 Å². The highest BCUT2D eigenvalue weighted by Gasteiger charge is 2.16. The quantitative estimate of drug-likeness (QED) is 0.749. The smallest absolute Gasteiger partial charge is 0.308 e. The molecule has 0 saturated heterocycles. The van der Waals surface area contributed by atoms with Gasteiger partial charge in [0.15, 0.2) is 11.5 Å². The highest BCUT2D eigenvalue weighted by Crippen LogP contribution is 2.17. The fourth-order valence-corrected chi connectivity index (χ4v) is 1.42. The predicted molar refractivity (Wildman–Crippen MR) is 65.4 cm³/mol. The van der Waals surface area contributed by atoms with Crippen LogP contribution in [0.1, 0.15) is 17.4 Å². The van der Waals surface area contributed by atoms with Crippen molar-refractivity contribution in [1.82, 2.24) is 15.5 Å². The van der Waals surface area contributed by atoms with Gasteiger partial charge in [-0.15, -0.1) is 0 Å². The van der Waals surface area contributed by atoms with Gasteiger partial charge in [0.1, 0.15) is 5.69 Å². The van der Waals surface area contributed by atoms with Crippen molar-refractivity contribution >= 4 is 11.9 Å². The normalized spacial score (nSPS) is 12.1. The molecule has 2 heterocycles. The molecule has 7 nitrogen and oxygen atoms in total. The molecule has 1 amide bonds. The largest absolute Gasteiger partial charge is 0.481 e. The zero-order chi connectivity index (χ0) is 13.8. The van der Waals surface area contributed by atoms with E-state index in [1.165, 1.54) is 13.2 Å². The lowest BCUT2D eigenvalue weighted by Crippen LogP contribution is -2.31. The van der Waals surface area contributed by atoms with Crippen LogP contribution in [0.3, 0.4) is 0 Å². The maximum Gasteiger partial charge on any atom is 0.308 e. The van der Waals surface area contributed by atoms with Gasteiger partial charge in [-0.3, -0.25) is 14.7 Å². The number of rotatable bonds is 5. The van der Waals surface area contributed by atoms with E-state index >= 15 is 0 Å². The van der Waals surface area contributed by atoms with E-state index in [1.54, 1.807) is 18.2 Å². The van der Waals surface area contributed by atoms with Crippen LogP contribution < -0.4 is 5.32 Å². The second-order valence-electron chi connectivity index (χ2n) is 4.09. The Hall–Kier alpha value is -2.57. The second kappa shape index (κ2) is 5.38. The third-order valence-corrected chi connectivity index (χ3v) is 2.59. The summed E-state index contributed by atoms with van der Waals surface area (Å²) in [7, 11) is 0. The van der Waals surface area contributed by atoms with Gasteiger partial charge >= 0.3 is 5.97 Å². The minimum atomic E-state index is -0.960. The molecule has 0 aliphatic rings. The lowest BCUT2D eigenvalue weighted by molar-refractivity contribution is -0.140. The molecule has 0 aliphatic carbocycles. The third-order valence-electron chi connectivity index (χ3n) is 2.59. The topological polar surface area (TPSA) is 108 Å². The number of carboxylic acid groups (broad SMARTS) is 1. The molecule has 0 radical (unpaired) electrons. The van der Waals surface area contributed by atoms with Gasteiger partial charge in [0.05, 0.1) is 12.2 Å². The molecule has 2 aromatic rings. The number of carbonyl (C=O) groups is 2. The van der Waals surface area contributed by atoms with Crippen molar-refractivity contribution in [3.8, 4) is 11.5 Å². The van der Waals surface area contributed by atoms with Crippen molar-refractivity contribution in [3.05, 3.63) is 30.2 Å². The summed E-state index contributed by atoms with van der Waals surface area (Å²) < 4.78 is 5.16. The molecule has 0 bridgehead atoms. The number of hydrogen-bond donors (Lipinski definition) is 3. The molecule has 1 atom stereocenters. The fourth-order valence-electron chi connectivity index (χ4n) is 1.42. The number of carboxylic acids is 1. The van der Waals surface area contributed by atoms with Gasteiger partial charge in [-0.05, 0) is 12.1 Å². The Balaban J connectivity index is 1.99. The Labute approximate surface area is 108 Å². The van der Waals surface area contributed by atoms with E-state index < -0.39 is 17.8 Å². The molecule has 0 aromatic carbocycles. The number of nitrogens with one attached hydrogen (secondary N) is 2. The van der Waals surface area contributed by atoms with Crippen LogP contribution in [0, 0.1) is 5.92 Å². The van der Waals surface area contributed by atoms with Crippen LogP contribution in [-0.4, -0.2) is 33.7 Å². The molecule has 0 spiro atoms. The van der Waals surface area contributed by atoms with Gasteiger partial charge < -0.3 is 14.8 Å². The van der Waals surface area contributed by atoms with Crippen LogP contribution in [0.5, 0.6) is 0 Å². The van der Waals surface area contributed by atoms with Crippen LogP contribution in [0.15, 0.2) is 28.9 Å². The molecule has 19 heavy (non-hydrogen) atoms. The third kappa shape index (κ3) is 3.01. The summed E-state index contributed by atoms with van der Waals surface area (Å²) in [6.07, 6.45) is 1.52. The van der Waals surface area contributed by atoms with Crippen LogP contribution in [0.25, 0.3) is 11.5 Å². The van der Waals surface area contributed by atoms with Crippen molar-refractivity contribution in [3.63, 3.8) is 0 Å². The van der Waals surface area contributed by atoms with Gasteiger partial charge in [-0.25, -0.2) is 0 Å². The Morgan fingerprint density at radius 1 is 1.58 bits per heavy atom. The first-order valence-corrected chi connectivity index (χ1v) is 5.68. The van der Waals surface area contributed by atoms with Crippen molar-refractivity contribution < 1.29 is 19.1 Å². The Morgan fingerprint density at radius 2 is 2.37 bits per heavy atom. The minimum Gasteiger partial charge on any atom is -0.481 e. The summed E-state index contributed by atoms with van der Waals surface area (Å²) in [6.45, 7) is 1.57. The first kappa shape index (κ1) is 12.9. The lowest BCUT2D eigenvalue weighted by Gasteiger charge is -2.06. The van der Waals surface area contributed by atoms with E-state index in [4.69, 9.17) is 9.52 Å². The van der Waals surface area contributed by atoms with E-state index in [2.05, 4.69) is 15.5 Å². The molecule has 1 unspecified atom stereocenters. The molecule has 0 aliphatic heterocycles. The number of hydrogen-bond acceptors (Lipinski definition) is 4. The molecule has 3 N–H and O–H groups in total. The monoisotopic (exact) mass is 263 g/mol. The fraction of sp³-hybridized carbons (Fsp3) is 0.250. The number of H-pyrrole nitrogens is 1. The molecule has 100 valence electrons. The first-order valence-electron chi connectivity index (χ1n) is 5.68. The zero-order valence-electron chi connectivity index (χ0n) is 10.2. The van der Waals surface area contributed by atoms with E-state index in [0.717, 1.165) is 0 Å². The molecule has 0 saturated carbocycles. The molecule has 2 rings (SSSR count). The van der Waals surface area contributed by atoms with Gasteiger partial charge in [0, 0.05) is 12.6 Å². The molecule has 0 fully saturated rings. The van der Waals surface area contributed by atoms with E-state index in [0.29, 0.717) is 11.5 Å². The second-order valence-corrected chi connectivity index (χ2v) is 4.09. The summed E-state index contributed by atoms with van der Waals surface area (Å²) in [4.78, 5) is 22.4. The number of amides is 1. The highest BCUT2D eigenvalue weighted by molar-refractivity contribution is 5.93. The Kier molecular flexibility index (Phi) is 3.65. The maximum atomic E-state index is 11.7. The lowest BCUT2D eigenvalue weighted by atomic mass is 10.2. The number of aromatic nitrogens is 2. The van der Waals surface area contributed by atoms with Crippen molar-refractivity contribution in [2.45, 2.75) is 6.92 Å². The minimum absolute atomic E-state index is 0.0527. The Bertz CT molecular complexity index is 574. The summed E-state index contributed by atoms with van der Waals surface area (Å²) >= 11 is 0. The number of carbonyl (C=O) groups excluding carboxylic acids is 1.